The third-order valence-corrected chi connectivity index (χ3v) is 6.27. The highest BCUT2D eigenvalue weighted by atomic mass is 32.2. The minimum atomic E-state index is -3.81. The fourth-order valence-corrected chi connectivity index (χ4v) is 4.26. The number of carbonyl (C=O) groups is 2. The van der Waals surface area contributed by atoms with Gasteiger partial charge in [-0.15, -0.1) is 0 Å². The third-order valence-electron chi connectivity index (χ3n) is 5.14. The van der Waals surface area contributed by atoms with Crippen molar-refractivity contribution in [1.29, 1.82) is 0 Å². The molecule has 2 aromatic rings. The van der Waals surface area contributed by atoms with Crippen molar-refractivity contribution in [2.24, 2.45) is 0 Å². The molecule has 8 nitrogen and oxygen atoms in total. The Morgan fingerprint density at radius 3 is 2.25 bits per heavy atom. The number of sulfonamides is 1. The normalized spacial score (nSPS) is 12.0. The molecule has 1 atom stereocenters. The average Bonchev–Trinajstić information content (AvgIpc) is 2.77. The lowest BCUT2D eigenvalue weighted by molar-refractivity contribution is -0.140. The van der Waals surface area contributed by atoms with E-state index >= 15 is 0 Å². The Morgan fingerprint density at radius 1 is 1.09 bits per heavy atom. The Kier molecular flexibility index (Phi) is 8.65. The van der Waals surface area contributed by atoms with Gasteiger partial charge in [0, 0.05) is 13.6 Å². The molecular weight excluding hydrogens is 430 g/mol. The summed E-state index contributed by atoms with van der Waals surface area (Å²) in [5.41, 5.74) is 2.17. The number of nitrogens with zero attached hydrogens (tertiary/aromatic N) is 2. The molecule has 1 N–H and O–H groups in total. The smallest absolute Gasteiger partial charge is 0.244 e. The molecule has 0 heterocycles. The summed E-state index contributed by atoms with van der Waals surface area (Å²) in [4.78, 5) is 27.4. The molecule has 2 rings (SSSR count). The van der Waals surface area contributed by atoms with Gasteiger partial charge in [0.05, 0.1) is 19.1 Å². The highest BCUT2D eigenvalue weighted by Crippen LogP contribution is 2.29. The molecule has 2 amide bonds. The molecule has 2 aromatic carbocycles. The van der Waals surface area contributed by atoms with Crippen LogP contribution in [-0.4, -0.2) is 58.1 Å². The number of carbonyl (C=O) groups excluding carboxylic acids is 2. The van der Waals surface area contributed by atoms with Gasteiger partial charge in [0.2, 0.25) is 21.8 Å². The molecule has 0 unspecified atom stereocenters. The highest BCUT2D eigenvalue weighted by molar-refractivity contribution is 7.92. The van der Waals surface area contributed by atoms with Gasteiger partial charge in [0.15, 0.2) is 0 Å². The van der Waals surface area contributed by atoms with E-state index < -0.39 is 28.5 Å². The van der Waals surface area contributed by atoms with Crippen LogP contribution in [-0.2, 0) is 26.2 Å². The van der Waals surface area contributed by atoms with Crippen LogP contribution >= 0.6 is 0 Å². The molecule has 0 spiro atoms. The van der Waals surface area contributed by atoms with Crippen LogP contribution in [0, 0.1) is 6.92 Å². The largest absolute Gasteiger partial charge is 0.495 e. The van der Waals surface area contributed by atoms with Gasteiger partial charge in [-0.3, -0.25) is 13.9 Å². The van der Waals surface area contributed by atoms with E-state index in [0.717, 1.165) is 21.7 Å². The number of rotatable bonds is 10. The molecule has 174 valence electrons. The Bertz CT molecular complexity index is 1040. The zero-order chi connectivity index (χ0) is 23.9. The molecule has 32 heavy (non-hydrogen) atoms. The molecule has 0 bridgehead atoms. The van der Waals surface area contributed by atoms with Gasteiger partial charge >= 0.3 is 0 Å². The molecule has 0 fully saturated rings. The summed E-state index contributed by atoms with van der Waals surface area (Å²) in [7, 11) is -0.865. The number of anilines is 1. The zero-order valence-corrected chi connectivity index (χ0v) is 20.0. The summed E-state index contributed by atoms with van der Waals surface area (Å²) in [6, 6.07) is 13.5. The van der Waals surface area contributed by atoms with Crippen molar-refractivity contribution < 1.29 is 22.7 Å². The minimum Gasteiger partial charge on any atom is -0.495 e. The first-order valence-electron chi connectivity index (χ1n) is 10.3. The first-order valence-corrected chi connectivity index (χ1v) is 12.1. The predicted molar refractivity (Wildman–Crippen MR) is 125 cm³/mol. The number of nitrogens with one attached hydrogen (secondary N) is 1. The van der Waals surface area contributed by atoms with E-state index in [9.17, 15) is 18.0 Å². The van der Waals surface area contributed by atoms with E-state index in [0.29, 0.717) is 12.2 Å². The van der Waals surface area contributed by atoms with Gasteiger partial charge in [0.1, 0.15) is 18.3 Å². The summed E-state index contributed by atoms with van der Waals surface area (Å²) in [6.45, 7) is 3.49. The van der Waals surface area contributed by atoms with E-state index in [2.05, 4.69) is 5.32 Å². The number of amides is 2. The van der Waals surface area contributed by atoms with Gasteiger partial charge in [-0.1, -0.05) is 48.9 Å². The van der Waals surface area contributed by atoms with Crippen LogP contribution in [0.25, 0.3) is 0 Å². The molecule has 0 aliphatic rings. The quantitative estimate of drug-likeness (QED) is 0.586. The number of likely N-dealkylation sites (N-methyl/N-ethyl adjacent to an activating group) is 1. The first-order chi connectivity index (χ1) is 15.1. The Morgan fingerprint density at radius 2 is 1.72 bits per heavy atom. The molecule has 0 saturated heterocycles. The number of hydrogen-bond acceptors (Lipinski definition) is 5. The van der Waals surface area contributed by atoms with Gasteiger partial charge in [0.25, 0.3) is 0 Å². The maximum atomic E-state index is 13.5. The summed E-state index contributed by atoms with van der Waals surface area (Å²) in [5, 5.41) is 2.60. The van der Waals surface area contributed by atoms with Crippen LogP contribution in [0.1, 0.15) is 24.5 Å². The summed E-state index contributed by atoms with van der Waals surface area (Å²) in [5.74, 6) is -0.470. The predicted octanol–water partition coefficient (Wildman–Crippen LogP) is 2.32. The van der Waals surface area contributed by atoms with Gasteiger partial charge in [-0.2, -0.15) is 0 Å². The monoisotopic (exact) mass is 461 g/mol. The van der Waals surface area contributed by atoms with E-state index in [1.807, 2.05) is 38.1 Å². The highest BCUT2D eigenvalue weighted by Gasteiger charge is 2.32. The summed E-state index contributed by atoms with van der Waals surface area (Å²) >= 11 is 0. The van der Waals surface area contributed by atoms with Crippen LogP contribution in [0.5, 0.6) is 5.75 Å². The van der Waals surface area contributed by atoms with Crippen molar-refractivity contribution in [3.05, 3.63) is 59.7 Å². The second kappa shape index (κ2) is 11.0. The molecule has 9 heteroatoms. The van der Waals surface area contributed by atoms with E-state index in [4.69, 9.17) is 4.74 Å². The first kappa shape index (κ1) is 25.2. The van der Waals surface area contributed by atoms with Crippen molar-refractivity contribution in [1.82, 2.24) is 10.2 Å². The van der Waals surface area contributed by atoms with Crippen molar-refractivity contribution >= 4 is 27.5 Å². The number of methoxy groups -OCH3 is 1. The second-order valence-corrected chi connectivity index (χ2v) is 9.39. The minimum absolute atomic E-state index is 0.175. The standard InChI is InChI=1S/C23H31N3O5S/c1-6-19(23(28)24-3)25(15-18-13-11-17(2)12-14-18)22(27)16-26(32(5,29)30)20-9-7-8-10-21(20)31-4/h7-14,19H,6,15-16H2,1-5H3,(H,24,28)/t19-/m1/s1. The number of para-hydroxylation sites is 2. The molecule has 0 saturated carbocycles. The maximum Gasteiger partial charge on any atom is 0.244 e. The Hall–Kier alpha value is -3.07. The van der Waals surface area contributed by atoms with Crippen molar-refractivity contribution in [2.45, 2.75) is 32.9 Å². The Labute approximate surface area is 190 Å². The van der Waals surface area contributed by atoms with Crippen molar-refractivity contribution in [3.63, 3.8) is 0 Å². The number of benzene rings is 2. The van der Waals surface area contributed by atoms with Crippen molar-refractivity contribution in [2.75, 3.05) is 31.3 Å². The van der Waals surface area contributed by atoms with E-state index in [1.54, 1.807) is 24.3 Å². The SMILES string of the molecule is CC[C@H](C(=O)NC)N(Cc1ccc(C)cc1)C(=O)CN(c1ccccc1OC)S(C)(=O)=O. The summed E-state index contributed by atoms with van der Waals surface area (Å²) in [6.07, 6.45) is 1.41. The van der Waals surface area contributed by atoms with Gasteiger partial charge in [-0.05, 0) is 31.0 Å². The number of aryl methyl sites for hydroxylation is 1. The lowest BCUT2D eigenvalue weighted by Gasteiger charge is -2.32. The van der Waals surface area contributed by atoms with Crippen LogP contribution in [0.2, 0.25) is 0 Å². The molecule has 0 radical (unpaired) electrons. The third kappa shape index (κ3) is 6.23. The maximum absolute atomic E-state index is 13.5. The molecule has 0 aliphatic carbocycles. The lowest BCUT2D eigenvalue weighted by atomic mass is 10.1. The van der Waals surface area contributed by atoms with E-state index in [-0.39, 0.29) is 18.1 Å². The molecule has 0 aliphatic heterocycles. The second-order valence-electron chi connectivity index (χ2n) is 7.49. The van der Waals surface area contributed by atoms with Gasteiger partial charge in [-0.25, -0.2) is 8.42 Å². The summed E-state index contributed by atoms with van der Waals surface area (Å²) < 4.78 is 31.5. The molecular formula is C23H31N3O5S. The van der Waals surface area contributed by atoms with Crippen molar-refractivity contribution in [3.8, 4) is 5.75 Å². The number of hydrogen-bond donors (Lipinski definition) is 1. The van der Waals surface area contributed by atoms with Crippen LogP contribution in [0.15, 0.2) is 48.5 Å². The van der Waals surface area contributed by atoms with Crippen LogP contribution in [0.4, 0.5) is 5.69 Å². The number of ether oxygens (including phenoxy) is 1. The fourth-order valence-electron chi connectivity index (χ4n) is 3.41. The lowest BCUT2D eigenvalue weighted by Crippen LogP contribution is -2.51. The van der Waals surface area contributed by atoms with Crippen LogP contribution < -0.4 is 14.4 Å². The topological polar surface area (TPSA) is 96.0 Å². The Balaban J connectivity index is 2.45. The van der Waals surface area contributed by atoms with Gasteiger partial charge < -0.3 is 15.0 Å². The average molecular weight is 462 g/mol. The van der Waals surface area contributed by atoms with E-state index in [1.165, 1.54) is 19.1 Å². The molecule has 0 aromatic heterocycles. The van der Waals surface area contributed by atoms with Crippen LogP contribution in [0.3, 0.4) is 0 Å². The zero-order valence-electron chi connectivity index (χ0n) is 19.2. The fraction of sp³-hybridized carbons (Fsp3) is 0.391.